The molecule has 96 valence electrons. The molecule has 0 bridgehead atoms. The Morgan fingerprint density at radius 1 is 1.28 bits per heavy atom. The van der Waals surface area contributed by atoms with Gasteiger partial charge in [-0.3, -0.25) is 5.41 Å². The van der Waals surface area contributed by atoms with Crippen LogP contribution < -0.4 is 10.6 Å². The van der Waals surface area contributed by atoms with Crippen LogP contribution >= 0.6 is 11.6 Å². The summed E-state index contributed by atoms with van der Waals surface area (Å²) in [4.78, 5) is 2.38. The van der Waals surface area contributed by atoms with E-state index in [-0.39, 0.29) is 5.84 Å². The molecule has 1 aliphatic carbocycles. The third-order valence-electron chi connectivity index (χ3n) is 4.32. The summed E-state index contributed by atoms with van der Waals surface area (Å²) in [5.74, 6) is 1.77. The molecule has 1 aromatic rings. The zero-order valence-corrected chi connectivity index (χ0v) is 11.1. The lowest BCUT2D eigenvalue weighted by Crippen LogP contribution is -2.25. The Hall–Kier alpha value is -1.22. The molecule has 3 N–H and O–H groups in total. The Balaban J connectivity index is 1.90. The summed E-state index contributed by atoms with van der Waals surface area (Å²) in [5, 5.41) is 8.33. The quantitative estimate of drug-likeness (QED) is 0.637. The van der Waals surface area contributed by atoms with Crippen molar-refractivity contribution in [2.75, 3.05) is 18.0 Å². The van der Waals surface area contributed by atoms with Gasteiger partial charge in [0.15, 0.2) is 0 Å². The van der Waals surface area contributed by atoms with Gasteiger partial charge in [-0.2, -0.15) is 0 Å². The lowest BCUT2D eigenvalue weighted by atomic mass is 10.0. The van der Waals surface area contributed by atoms with Crippen LogP contribution in [0, 0.1) is 17.2 Å². The van der Waals surface area contributed by atoms with E-state index in [1.54, 1.807) is 6.07 Å². The summed E-state index contributed by atoms with van der Waals surface area (Å²) >= 11 is 5.99. The average Bonchev–Trinajstić information content (AvgIpc) is 2.88. The fraction of sp³-hybridized carbons (Fsp3) is 0.500. The lowest BCUT2D eigenvalue weighted by molar-refractivity contribution is 0.494. The van der Waals surface area contributed by atoms with Gasteiger partial charge in [-0.1, -0.05) is 18.0 Å². The molecule has 0 spiro atoms. The molecule has 2 fully saturated rings. The molecule has 0 radical (unpaired) electrons. The maximum absolute atomic E-state index is 7.69. The molecule has 0 amide bonds. The van der Waals surface area contributed by atoms with Crippen molar-refractivity contribution in [1.29, 1.82) is 5.41 Å². The third-order valence-corrected chi connectivity index (χ3v) is 4.55. The number of hydrogen-bond donors (Lipinski definition) is 2. The first-order valence-electron chi connectivity index (χ1n) is 6.54. The molecule has 18 heavy (non-hydrogen) atoms. The van der Waals surface area contributed by atoms with E-state index in [1.165, 1.54) is 19.3 Å². The van der Waals surface area contributed by atoms with Gasteiger partial charge < -0.3 is 10.6 Å². The predicted molar refractivity (Wildman–Crippen MR) is 75.5 cm³/mol. The van der Waals surface area contributed by atoms with Gasteiger partial charge in [-0.15, -0.1) is 0 Å². The molecule has 2 unspecified atom stereocenters. The highest BCUT2D eigenvalue weighted by atomic mass is 35.5. The van der Waals surface area contributed by atoms with E-state index in [4.69, 9.17) is 22.7 Å². The molecule has 0 aromatic heterocycles. The standard InChI is InChI=1S/C14H18ClN3/c15-11-4-5-13(12(6-11)14(16)17)18-7-9-2-1-3-10(9)8-18/h4-6,9-10H,1-3,7-8H2,(H3,16,17). The highest BCUT2D eigenvalue weighted by Gasteiger charge is 2.36. The van der Waals surface area contributed by atoms with Crippen LogP contribution in [0.5, 0.6) is 0 Å². The molecular formula is C14H18ClN3. The summed E-state index contributed by atoms with van der Waals surface area (Å²) in [6, 6.07) is 5.69. The predicted octanol–water partition coefficient (Wildman–Crippen LogP) is 2.86. The Bertz CT molecular complexity index is 474. The van der Waals surface area contributed by atoms with E-state index in [0.717, 1.165) is 36.2 Å². The van der Waals surface area contributed by atoms with Crippen molar-refractivity contribution in [2.24, 2.45) is 17.6 Å². The minimum atomic E-state index is 0.101. The molecular weight excluding hydrogens is 246 g/mol. The number of halogens is 1. The second kappa shape index (κ2) is 4.47. The summed E-state index contributed by atoms with van der Waals surface area (Å²) < 4.78 is 0. The average molecular weight is 264 g/mol. The summed E-state index contributed by atoms with van der Waals surface area (Å²) in [6.07, 6.45) is 4.08. The molecule has 1 saturated heterocycles. The maximum Gasteiger partial charge on any atom is 0.124 e. The van der Waals surface area contributed by atoms with E-state index in [0.29, 0.717) is 5.02 Å². The van der Waals surface area contributed by atoms with Crippen molar-refractivity contribution in [3.63, 3.8) is 0 Å². The van der Waals surface area contributed by atoms with E-state index in [2.05, 4.69) is 4.90 Å². The van der Waals surface area contributed by atoms with Crippen LogP contribution in [-0.2, 0) is 0 Å². The highest BCUT2D eigenvalue weighted by molar-refractivity contribution is 6.31. The Morgan fingerprint density at radius 3 is 2.56 bits per heavy atom. The highest BCUT2D eigenvalue weighted by Crippen LogP contribution is 2.40. The summed E-state index contributed by atoms with van der Waals surface area (Å²) in [6.45, 7) is 2.21. The van der Waals surface area contributed by atoms with Gasteiger partial charge in [-0.05, 0) is 42.9 Å². The van der Waals surface area contributed by atoms with Crippen LogP contribution in [0.25, 0.3) is 0 Å². The smallest absolute Gasteiger partial charge is 0.124 e. The number of hydrogen-bond acceptors (Lipinski definition) is 2. The zero-order valence-electron chi connectivity index (χ0n) is 10.3. The molecule has 1 heterocycles. The fourth-order valence-electron chi connectivity index (χ4n) is 3.43. The summed E-state index contributed by atoms with van der Waals surface area (Å²) in [5.41, 5.74) is 7.50. The minimum absolute atomic E-state index is 0.101. The van der Waals surface area contributed by atoms with Gasteiger partial charge >= 0.3 is 0 Å². The monoisotopic (exact) mass is 263 g/mol. The maximum atomic E-state index is 7.69. The first-order chi connectivity index (χ1) is 8.65. The van der Waals surface area contributed by atoms with Crippen molar-refractivity contribution in [3.8, 4) is 0 Å². The van der Waals surface area contributed by atoms with Crippen LogP contribution in [0.4, 0.5) is 5.69 Å². The van der Waals surface area contributed by atoms with E-state index in [1.807, 2.05) is 12.1 Å². The Morgan fingerprint density at radius 2 is 1.94 bits per heavy atom. The molecule has 4 heteroatoms. The third kappa shape index (κ3) is 1.97. The second-order valence-electron chi connectivity index (χ2n) is 5.43. The number of nitrogens with one attached hydrogen (secondary N) is 1. The van der Waals surface area contributed by atoms with Gasteiger partial charge in [0.25, 0.3) is 0 Å². The number of nitrogens with zero attached hydrogens (tertiary/aromatic N) is 1. The first kappa shape index (κ1) is 11.8. The van der Waals surface area contributed by atoms with Crippen molar-refractivity contribution >= 4 is 23.1 Å². The largest absolute Gasteiger partial charge is 0.384 e. The van der Waals surface area contributed by atoms with E-state index >= 15 is 0 Å². The van der Waals surface area contributed by atoms with Crippen molar-refractivity contribution in [1.82, 2.24) is 0 Å². The first-order valence-corrected chi connectivity index (χ1v) is 6.92. The molecule has 1 saturated carbocycles. The number of benzene rings is 1. The Labute approximate surface area is 112 Å². The second-order valence-corrected chi connectivity index (χ2v) is 5.87. The zero-order chi connectivity index (χ0) is 12.7. The number of amidine groups is 1. The van der Waals surface area contributed by atoms with Crippen LogP contribution in [-0.4, -0.2) is 18.9 Å². The van der Waals surface area contributed by atoms with Gasteiger partial charge in [-0.25, -0.2) is 0 Å². The van der Waals surface area contributed by atoms with Gasteiger partial charge in [0.05, 0.1) is 0 Å². The van der Waals surface area contributed by atoms with Crippen LogP contribution in [0.15, 0.2) is 18.2 Å². The molecule has 3 rings (SSSR count). The van der Waals surface area contributed by atoms with Crippen molar-refractivity contribution < 1.29 is 0 Å². The normalized spacial score (nSPS) is 26.4. The lowest BCUT2D eigenvalue weighted by Gasteiger charge is -2.22. The van der Waals surface area contributed by atoms with Gasteiger partial charge in [0.2, 0.25) is 0 Å². The van der Waals surface area contributed by atoms with Crippen LogP contribution in [0.3, 0.4) is 0 Å². The topological polar surface area (TPSA) is 53.1 Å². The van der Waals surface area contributed by atoms with Crippen molar-refractivity contribution in [2.45, 2.75) is 19.3 Å². The number of anilines is 1. The molecule has 3 nitrogen and oxygen atoms in total. The molecule has 2 atom stereocenters. The SMILES string of the molecule is N=C(N)c1cc(Cl)ccc1N1CC2CCCC2C1. The van der Waals surface area contributed by atoms with E-state index < -0.39 is 0 Å². The van der Waals surface area contributed by atoms with Crippen LogP contribution in [0.2, 0.25) is 5.02 Å². The number of nitrogens with two attached hydrogens (primary N) is 1. The fourth-order valence-corrected chi connectivity index (χ4v) is 3.60. The van der Waals surface area contributed by atoms with Gasteiger partial charge in [0, 0.05) is 29.4 Å². The number of fused-ring (bicyclic) bond motifs is 1. The van der Waals surface area contributed by atoms with E-state index in [9.17, 15) is 0 Å². The summed E-state index contributed by atoms with van der Waals surface area (Å²) in [7, 11) is 0. The molecule has 1 aliphatic heterocycles. The number of rotatable bonds is 2. The minimum Gasteiger partial charge on any atom is -0.384 e. The van der Waals surface area contributed by atoms with Crippen LogP contribution in [0.1, 0.15) is 24.8 Å². The van der Waals surface area contributed by atoms with Gasteiger partial charge in [0.1, 0.15) is 5.84 Å². The Kier molecular flexibility index (Phi) is 2.94. The molecule has 2 aliphatic rings. The molecule has 1 aromatic carbocycles. The number of nitrogen functional groups attached to an aromatic ring is 1. The van der Waals surface area contributed by atoms with Crippen molar-refractivity contribution in [3.05, 3.63) is 28.8 Å².